The molecule has 0 aliphatic carbocycles. The first-order chi connectivity index (χ1) is 5.39. The highest BCUT2D eigenvalue weighted by Crippen LogP contribution is 1.99. The molecule has 0 aliphatic heterocycles. The Morgan fingerprint density at radius 3 is 2.58 bits per heavy atom. The van der Waals surface area contributed by atoms with Gasteiger partial charge in [0.05, 0.1) is 0 Å². The lowest BCUT2D eigenvalue weighted by molar-refractivity contribution is -0.141. The molecular weight excluding hydrogens is 184 g/mol. The summed E-state index contributed by atoms with van der Waals surface area (Å²) < 4.78 is 33.5. The third kappa shape index (κ3) is 3.49. The predicted octanol–water partition coefficient (Wildman–Crippen LogP) is -0.00810. The van der Waals surface area contributed by atoms with Crippen molar-refractivity contribution in [1.82, 2.24) is 0 Å². The van der Waals surface area contributed by atoms with Gasteiger partial charge in [-0.3, -0.25) is 9.35 Å². The number of hydrogen-bond donors (Lipinski definition) is 1. The zero-order valence-electron chi connectivity index (χ0n) is 6.56. The van der Waals surface area contributed by atoms with Crippen molar-refractivity contribution in [2.24, 2.45) is 0 Å². The van der Waals surface area contributed by atoms with Gasteiger partial charge in [0.2, 0.25) is 0 Å². The minimum Gasteiger partial charge on any atom is -0.460 e. The number of ether oxygens (including phenoxy) is 1. The molecule has 0 fully saturated rings. The summed E-state index contributed by atoms with van der Waals surface area (Å²) in [6.07, 6.45) is 1.30. The van der Waals surface area contributed by atoms with E-state index in [0.29, 0.717) is 0 Å². The molecule has 0 bridgehead atoms. The summed E-state index contributed by atoms with van der Waals surface area (Å²) >= 11 is 0. The van der Waals surface area contributed by atoms with Crippen LogP contribution in [0.4, 0.5) is 0 Å². The third-order valence-electron chi connectivity index (χ3n) is 1.12. The topological polar surface area (TPSA) is 80.7 Å². The standard InChI is InChI=1S/C6H10O5S/c1-3-4-11-6(7)5(2)12(8,9)10/h3,5H,1,4H2,2H3,(H,8,9,10). The Hall–Kier alpha value is -0.880. The summed E-state index contributed by atoms with van der Waals surface area (Å²) in [6, 6.07) is 0. The molecule has 1 N–H and O–H groups in total. The summed E-state index contributed by atoms with van der Waals surface area (Å²) in [5, 5.41) is -1.54. The molecule has 0 radical (unpaired) electrons. The van der Waals surface area contributed by atoms with Gasteiger partial charge in [0, 0.05) is 0 Å². The van der Waals surface area contributed by atoms with E-state index in [9.17, 15) is 13.2 Å². The first-order valence-corrected chi connectivity index (χ1v) is 4.63. The van der Waals surface area contributed by atoms with Gasteiger partial charge in [-0.2, -0.15) is 8.42 Å². The van der Waals surface area contributed by atoms with Gasteiger partial charge in [-0.25, -0.2) is 0 Å². The van der Waals surface area contributed by atoms with E-state index in [1.807, 2.05) is 0 Å². The van der Waals surface area contributed by atoms with Crippen LogP contribution < -0.4 is 0 Å². The van der Waals surface area contributed by atoms with Crippen LogP contribution in [0.25, 0.3) is 0 Å². The molecule has 6 heteroatoms. The van der Waals surface area contributed by atoms with Gasteiger partial charge >= 0.3 is 5.97 Å². The highest BCUT2D eigenvalue weighted by molar-refractivity contribution is 7.87. The van der Waals surface area contributed by atoms with E-state index in [-0.39, 0.29) is 6.61 Å². The fourth-order valence-electron chi connectivity index (χ4n) is 0.380. The molecule has 0 aromatic heterocycles. The lowest BCUT2D eigenvalue weighted by Gasteiger charge is -2.06. The number of carbonyl (C=O) groups is 1. The second-order valence-electron chi connectivity index (χ2n) is 2.08. The summed E-state index contributed by atoms with van der Waals surface area (Å²) in [5.74, 6) is -0.989. The molecule has 0 saturated carbocycles. The largest absolute Gasteiger partial charge is 0.460 e. The molecule has 12 heavy (non-hydrogen) atoms. The molecule has 0 aromatic rings. The fraction of sp³-hybridized carbons (Fsp3) is 0.500. The van der Waals surface area contributed by atoms with E-state index in [0.717, 1.165) is 6.92 Å². The Bertz CT molecular complexity index is 266. The number of rotatable bonds is 4. The maximum atomic E-state index is 10.7. The molecule has 0 aromatic carbocycles. The van der Waals surface area contributed by atoms with Gasteiger partial charge in [-0.1, -0.05) is 12.7 Å². The Balaban J connectivity index is 4.21. The normalized spacial score (nSPS) is 13.5. The SMILES string of the molecule is C=CCOC(=O)C(C)S(=O)(=O)O. The monoisotopic (exact) mass is 194 g/mol. The van der Waals surface area contributed by atoms with Crippen molar-refractivity contribution in [3.05, 3.63) is 12.7 Å². The van der Waals surface area contributed by atoms with E-state index >= 15 is 0 Å². The highest BCUT2D eigenvalue weighted by atomic mass is 32.2. The number of hydrogen-bond acceptors (Lipinski definition) is 4. The Labute approximate surface area is 70.8 Å². The summed E-state index contributed by atoms with van der Waals surface area (Å²) in [6.45, 7) is 4.24. The van der Waals surface area contributed by atoms with Crippen LogP contribution in [0.3, 0.4) is 0 Å². The van der Waals surface area contributed by atoms with Crippen molar-refractivity contribution in [2.75, 3.05) is 6.61 Å². The van der Waals surface area contributed by atoms with E-state index in [1.54, 1.807) is 0 Å². The average molecular weight is 194 g/mol. The van der Waals surface area contributed by atoms with E-state index in [1.165, 1.54) is 6.08 Å². The molecule has 5 nitrogen and oxygen atoms in total. The maximum Gasteiger partial charge on any atom is 0.326 e. The predicted molar refractivity (Wildman–Crippen MR) is 42.2 cm³/mol. The first kappa shape index (κ1) is 11.1. The van der Waals surface area contributed by atoms with Crippen molar-refractivity contribution in [3.63, 3.8) is 0 Å². The minimum atomic E-state index is -4.34. The van der Waals surface area contributed by atoms with Crippen LogP contribution in [0.1, 0.15) is 6.92 Å². The lowest BCUT2D eigenvalue weighted by atomic mass is 10.5. The van der Waals surface area contributed by atoms with Crippen molar-refractivity contribution in [2.45, 2.75) is 12.2 Å². The van der Waals surface area contributed by atoms with Gasteiger partial charge < -0.3 is 4.74 Å². The molecule has 0 amide bonds. The molecule has 0 aliphatic rings. The lowest BCUT2D eigenvalue weighted by Crippen LogP contribution is -2.28. The zero-order chi connectivity index (χ0) is 9.78. The molecule has 0 spiro atoms. The molecule has 1 unspecified atom stereocenters. The van der Waals surface area contributed by atoms with Gasteiger partial charge in [-0.05, 0) is 6.92 Å². The zero-order valence-corrected chi connectivity index (χ0v) is 7.37. The fourth-order valence-corrected chi connectivity index (χ4v) is 0.691. The van der Waals surface area contributed by atoms with Crippen LogP contribution in [-0.4, -0.2) is 30.8 Å². The van der Waals surface area contributed by atoms with Gasteiger partial charge in [0.25, 0.3) is 10.1 Å². The van der Waals surface area contributed by atoms with Crippen molar-refractivity contribution >= 4 is 16.1 Å². The van der Waals surface area contributed by atoms with E-state index in [4.69, 9.17) is 4.55 Å². The smallest absolute Gasteiger partial charge is 0.326 e. The Morgan fingerprint density at radius 2 is 2.25 bits per heavy atom. The Kier molecular flexibility index (Phi) is 3.91. The summed E-state index contributed by atoms with van der Waals surface area (Å²) in [7, 11) is -4.34. The third-order valence-corrected chi connectivity index (χ3v) is 2.21. The van der Waals surface area contributed by atoms with Gasteiger partial charge in [0.15, 0.2) is 5.25 Å². The molecular formula is C6H10O5S. The van der Waals surface area contributed by atoms with Crippen LogP contribution in [0.2, 0.25) is 0 Å². The second kappa shape index (κ2) is 4.22. The van der Waals surface area contributed by atoms with Crippen LogP contribution in [-0.2, 0) is 19.6 Å². The van der Waals surface area contributed by atoms with Crippen molar-refractivity contribution in [1.29, 1.82) is 0 Å². The van der Waals surface area contributed by atoms with Crippen LogP contribution in [0, 0.1) is 0 Å². The van der Waals surface area contributed by atoms with E-state index < -0.39 is 21.3 Å². The molecule has 0 rings (SSSR count). The van der Waals surface area contributed by atoms with E-state index in [2.05, 4.69) is 11.3 Å². The van der Waals surface area contributed by atoms with Crippen LogP contribution in [0.5, 0.6) is 0 Å². The van der Waals surface area contributed by atoms with Crippen LogP contribution >= 0.6 is 0 Å². The number of carbonyl (C=O) groups excluding carboxylic acids is 1. The van der Waals surface area contributed by atoms with Crippen molar-refractivity contribution < 1.29 is 22.5 Å². The summed E-state index contributed by atoms with van der Waals surface area (Å²) in [5.41, 5.74) is 0. The molecule has 70 valence electrons. The molecule has 0 saturated heterocycles. The molecule has 1 atom stereocenters. The van der Waals surface area contributed by atoms with Gasteiger partial charge in [0.1, 0.15) is 6.61 Å². The second-order valence-corrected chi connectivity index (χ2v) is 3.81. The average Bonchev–Trinajstić information content (AvgIpc) is 1.97. The summed E-state index contributed by atoms with van der Waals surface area (Å²) in [4.78, 5) is 10.7. The highest BCUT2D eigenvalue weighted by Gasteiger charge is 2.26. The van der Waals surface area contributed by atoms with Crippen molar-refractivity contribution in [3.8, 4) is 0 Å². The Morgan fingerprint density at radius 1 is 1.75 bits per heavy atom. The first-order valence-electron chi connectivity index (χ1n) is 3.13. The quantitative estimate of drug-likeness (QED) is 0.387. The minimum absolute atomic E-state index is 0.0707. The maximum absolute atomic E-state index is 10.7. The number of esters is 1. The van der Waals surface area contributed by atoms with Crippen LogP contribution in [0.15, 0.2) is 12.7 Å². The van der Waals surface area contributed by atoms with Gasteiger partial charge in [-0.15, -0.1) is 0 Å². The molecule has 0 heterocycles.